The zero-order valence-electron chi connectivity index (χ0n) is 24.4. The SMILES string of the molecule is CNc1ccc(C2(c3ccc(Nc4nc(C)nc(Nc5ccc(C)cc5)n4)cc3)c3ccccc3-c3ccccc32)cc1. The summed E-state index contributed by atoms with van der Waals surface area (Å²) in [5.41, 5.74) is 11.2. The van der Waals surface area contributed by atoms with Crippen LogP contribution in [0.15, 0.2) is 121 Å². The van der Waals surface area contributed by atoms with Gasteiger partial charge in [-0.05, 0) is 83.6 Å². The molecule has 6 heteroatoms. The number of aromatic nitrogens is 3. The molecule has 6 aromatic rings. The fraction of sp³-hybridized carbons (Fsp3) is 0.108. The summed E-state index contributed by atoms with van der Waals surface area (Å²) in [6.07, 6.45) is 0. The van der Waals surface area contributed by atoms with Crippen molar-refractivity contribution in [3.05, 3.63) is 155 Å². The first-order valence-electron chi connectivity index (χ1n) is 14.5. The summed E-state index contributed by atoms with van der Waals surface area (Å²) in [5.74, 6) is 1.62. The van der Waals surface area contributed by atoms with E-state index in [1.807, 2.05) is 26.1 Å². The average molecular weight is 561 g/mol. The summed E-state index contributed by atoms with van der Waals surface area (Å²) in [7, 11) is 1.95. The Balaban J connectivity index is 1.27. The highest BCUT2D eigenvalue weighted by Gasteiger charge is 2.45. The molecule has 0 aliphatic heterocycles. The average Bonchev–Trinajstić information content (AvgIpc) is 3.34. The maximum absolute atomic E-state index is 4.63. The second-order valence-corrected chi connectivity index (χ2v) is 10.9. The van der Waals surface area contributed by atoms with E-state index in [4.69, 9.17) is 0 Å². The lowest BCUT2D eigenvalue weighted by molar-refractivity contribution is 0.769. The van der Waals surface area contributed by atoms with Crippen LogP contribution in [0.1, 0.15) is 33.6 Å². The Morgan fingerprint density at radius 1 is 0.488 bits per heavy atom. The Morgan fingerprint density at radius 3 is 1.42 bits per heavy atom. The summed E-state index contributed by atoms with van der Waals surface area (Å²) >= 11 is 0. The number of aryl methyl sites for hydroxylation is 2. The van der Waals surface area contributed by atoms with Gasteiger partial charge in [-0.15, -0.1) is 0 Å². The van der Waals surface area contributed by atoms with Crippen LogP contribution in [0, 0.1) is 13.8 Å². The molecule has 0 spiro atoms. The molecule has 1 aromatic heterocycles. The van der Waals surface area contributed by atoms with E-state index in [-0.39, 0.29) is 0 Å². The molecule has 1 aliphatic rings. The Hall–Kier alpha value is -5.49. The minimum Gasteiger partial charge on any atom is -0.388 e. The van der Waals surface area contributed by atoms with Gasteiger partial charge in [0.2, 0.25) is 11.9 Å². The molecule has 43 heavy (non-hydrogen) atoms. The summed E-state index contributed by atoms with van der Waals surface area (Å²) in [6, 6.07) is 43.1. The van der Waals surface area contributed by atoms with Gasteiger partial charge in [0.1, 0.15) is 5.82 Å². The van der Waals surface area contributed by atoms with Gasteiger partial charge in [-0.25, -0.2) is 0 Å². The normalized spacial score (nSPS) is 12.7. The van der Waals surface area contributed by atoms with Gasteiger partial charge in [0.05, 0.1) is 5.41 Å². The molecule has 0 atom stereocenters. The Labute approximate surface area is 251 Å². The van der Waals surface area contributed by atoms with E-state index in [1.165, 1.54) is 38.9 Å². The van der Waals surface area contributed by atoms with Gasteiger partial charge in [-0.1, -0.05) is 90.5 Å². The molecule has 6 nitrogen and oxygen atoms in total. The van der Waals surface area contributed by atoms with Crippen molar-refractivity contribution in [1.29, 1.82) is 0 Å². The van der Waals surface area contributed by atoms with Crippen LogP contribution in [0.25, 0.3) is 11.1 Å². The molecule has 1 aliphatic carbocycles. The monoisotopic (exact) mass is 560 g/mol. The predicted molar refractivity (Wildman–Crippen MR) is 176 cm³/mol. The van der Waals surface area contributed by atoms with Crippen LogP contribution < -0.4 is 16.0 Å². The summed E-state index contributed by atoms with van der Waals surface area (Å²) < 4.78 is 0. The number of hydrogen-bond acceptors (Lipinski definition) is 6. The Kier molecular flexibility index (Phi) is 6.59. The van der Waals surface area contributed by atoms with Crippen LogP contribution in [0.4, 0.5) is 29.0 Å². The van der Waals surface area contributed by atoms with Crippen molar-refractivity contribution < 1.29 is 0 Å². The first-order chi connectivity index (χ1) is 21.0. The highest BCUT2D eigenvalue weighted by atomic mass is 15.2. The lowest BCUT2D eigenvalue weighted by atomic mass is 9.67. The van der Waals surface area contributed by atoms with Gasteiger partial charge in [0.25, 0.3) is 0 Å². The third kappa shape index (κ3) is 4.67. The van der Waals surface area contributed by atoms with E-state index in [0.717, 1.165) is 17.1 Å². The van der Waals surface area contributed by atoms with E-state index in [0.29, 0.717) is 17.7 Å². The lowest BCUT2D eigenvalue weighted by Crippen LogP contribution is -2.28. The van der Waals surface area contributed by atoms with E-state index < -0.39 is 5.41 Å². The molecule has 1 heterocycles. The van der Waals surface area contributed by atoms with Gasteiger partial charge >= 0.3 is 0 Å². The van der Waals surface area contributed by atoms with Gasteiger partial charge in [-0.2, -0.15) is 15.0 Å². The van der Waals surface area contributed by atoms with Crippen molar-refractivity contribution in [2.75, 3.05) is 23.0 Å². The zero-order chi connectivity index (χ0) is 29.4. The van der Waals surface area contributed by atoms with Gasteiger partial charge < -0.3 is 16.0 Å². The molecule has 5 aromatic carbocycles. The molecule has 0 unspecified atom stereocenters. The molecule has 7 rings (SSSR count). The Bertz CT molecular complexity index is 1870. The van der Waals surface area contributed by atoms with Crippen molar-refractivity contribution in [1.82, 2.24) is 15.0 Å². The highest BCUT2D eigenvalue weighted by Crippen LogP contribution is 2.56. The maximum atomic E-state index is 4.63. The van der Waals surface area contributed by atoms with Crippen LogP contribution in [0.2, 0.25) is 0 Å². The van der Waals surface area contributed by atoms with E-state index >= 15 is 0 Å². The zero-order valence-corrected chi connectivity index (χ0v) is 24.4. The summed E-state index contributed by atoms with van der Waals surface area (Å²) in [4.78, 5) is 13.7. The largest absolute Gasteiger partial charge is 0.388 e. The molecule has 0 fully saturated rings. The molecule has 210 valence electrons. The molecule has 3 N–H and O–H groups in total. The molecular weight excluding hydrogens is 528 g/mol. The Morgan fingerprint density at radius 2 is 0.930 bits per heavy atom. The van der Waals surface area contributed by atoms with Crippen LogP contribution in [0.3, 0.4) is 0 Å². The summed E-state index contributed by atoms with van der Waals surface area (Å²) in [6.45, 7) is 3.93. The molecule has 0 bridgehead atoms. The van der Waals surface area contributed by atoms with Crippen molar-refractivity contribution in [2.45, 2.75) is 19.3 Å². The number of fused-ring (bicyclic) bond motifs is 3. The molecule has 0 saturated carbocycles. The number of rotatable bonds is 7. The lowest BCUT2D eigenvalue weighted by Gasteiger charge is -2.34. The third-order valence-electron chi connectivity index (χ3n) is 8.19. The number of nitrogens with one attached hydrogen (secondary N) is 3. The predicted octanol–water partition coefficient (Wildman–Crippen LogP) is 8.38. The number of benzene rings is 5. The van der Waals surface area contributed by atoms with E-state index in [9.17, 15) is 0 Å². The van der Waals surface area contributed by atoms with Crippen LogP contribution in [-0.4, -0.2) is 22.0 Å². The fourth-order valence-electron chi connectivity index (χ4n) is 6.20. The first-order valence-corrected chi connectivity index (χ1v) is 14.5. The summed E-state index contributed by atoms with van der Waals surface area (Å²) in [5, 5.41) is 9.94. The van der Waals surface area contributed by atoms with Crippen LogP contribution >= 0.6 is 0 Å². The van der Waals surface area contributed by atoms with Crippen LogP contribution in [-0.2, 0) is 5.41 Å². The van der Waals surface area contributed by atoms with Crippen LogP contribution in [0.5, 0.6) is 0 Å². The third-order valence-corrected chi connectivity index (χ3v) is 8.19. The number of hydrogen-bond donors (Lipinski definition) is 3. The smallest absolute Gasteiger partial charge is 0.232 e. The van der Waals surface area contributed by atoms with Crippen molar-refractivity contribution in [3.63, 3.8) is 0 Å². The molecule has 0 radical (unpaired) electrons. The molecular formula is C37H32N6. The van der Waals surface area contributed by atoms with E-state index in [2.05, 4.69) is 147 Å². The fourth-order valence-corrected chi connectivity index (χ4v) is 6.20. The van der Waals surface area contributed by atoms with E-state index in [1.54, 1.807) is 0 Å². The topological polar surface area (TPSA) is 74.8 Å². The standard InChI is InChI=1S/C37H32N6/c1-24-12-18-29(19-13-24)41-35-39-25(2)40-36(43-35)42-30-22-16-27(17-23-30)37(26-14-20-28(38-3)21-15-26)33-10-6-4-8-31(33)32-9-5-7-11-34(32)37/h4-23,38H,1-3H3,(H2,39,40,41,42,43). The quantitative estimate of drug-likeness (QED) is 0.182. The number of nitrogens with zero attached hydrogens (tertiary/aromatic N) is 3. The van der Waals surface area contributed by atoms with Crippen molar-refractivity contribution >= 4 is 29.0 Å². The van der Waals surface area contributed by atoms with Gasteiger partial charge in [-0.3, -0.25) is 0 Å². The minimum atomic E-state index is -0.452. The van der Waals surface area contributed by atoms with Gasteiger partial charge in [0.15, 0.2) is 0 Å². The maximum Gasteiger partial charge on any atom is 0.232 e. The second kappa shape index (κ2) is 10.7. The number of anilines is 5. The first kappa shape index (κ1) is 26.4. The second-order valence-electron chi connectivity index (χ2n) is 10.9. The molecule has 0 amide bonds. The highest BCUT2D eigenvalue weighted by molar-refractivity contribution is 5.86. The van der Waals surface area contributed by atoms with Crippen molar-refractivity contribution in [3.8, 4) is 11.1 Å². The van der Waals surface area contributed by atoms with Gasteiger partial charge in [0, 0.05) is 24.1 Å². The van der Waals surface area contributed by atoms with Crippen molar-refractivity contribution in [2.24, 2.45) is 0 Å². The minimum absolute atomic E-state index is 0.452. The molecule has 0 saturated heterocycles.